The van der Waals surface area contributed by atoms with Crippen LogP contribution < -0.4 is 0 Å². The molecule has 0 saturated heterocycles. The highest BCUT2D eigenvalue weighted by molar-refractivity contribution is 5.19. The van der Waals surface area contributed by atoms with Crippen molar-refractivity contribution in [3.63, 3.8) is 0 Å². The molecule has 0 aromatic heterocycles. The van der Waals surface area contributed by atoms with Gasteiger partial charge >= 0.3 is 0 Å². The van der Waals surface area contributed by atoms with Crippen LogP contribution in [-0.4, -0.2) is 10.7 Å². The topological polar surface area (TPSA) is 20.2 Å². The molecular formula is C23H38F2O. The first kappa shape index (κ1) is 23.1. The summed E-state index contributed by atoms with van der Waals surface area (Å²) in [5.74, 6) is -1.36. The van der Waals surface area contributed by atoms with Crippen LogP contribution in [0.3, 0.4) is 0 Å². The molecule has 0 bridgehead atoms. The van der Waals surface area contributed by atoms with Gasteiger partial charge in [-0.05, 0) is 48.3 Å². The van der Waals surface area contributed by atoms with Gasteiger partial charge in [-0.25, -0.2) is 8.78 Å². The van der Waals surface area contributed by atoms with E-state index in [0.29, 0.717) is 6.42 Å². The third-order valence-corrected chi connectivity index (χ3v) is 5.88. The molecule has 0 aliphatic carbocycles. The van der Waals surface area contributed by atoms with Crippen molar-refractivity contribution in [1.29, 1.82) is 0 Å². The van der Waals surface area contributed by atoms with Crippen LogP contribution in [0.15, 0.2) is 18.2 Å². The summed E-state index contributed by atoms with van der Waals surface area (Å²) in [5, 5.41) is 11.5. The lowest BCUT2D eigenvalue weighted by molar-refractivity contribution is -0.0989. The van der Waals surface area contributed by atoms with Gasteiger partial charge in [-0.1, -0.05) is 79.2 Å². The molecule has 1 N–H and O–H groups in total. The van der Waals surface area contributed by atoms with Crippen LogP contribution in [0.5, 0.6) is 0 Å². The first-order chi connectivity index (χ1) is 12.2. The van der Waals surface area contributed by atoms with E-state index >= 15 is 0 Å². The standard InChI is InChI=1S/C23H38F2O/c1-6-7-8-9-10-11-12-20(23(26,17(2)3)18(4)5)15-19-13-14-21(24)22(25)16-19/h13-14,16-18,20,26H,6-12,15H2,1-5H3. The predicted molar refractivity (Wildman–Crippen MR) is 106 cm³/mol. The summed E-state index contributed by atoms with van der Waals surface area (Å²) in [7, 11) is 0. The van der Waals surface area contributed by atoms with Crippen LogP contribution in [0.25, 0.3) is 0 Å². The molecule has 0 radical (unpaired) electrons. The zero-order valence-corrected chi connectivity index (χ0v) is 17.3. The lowest BCUT2D eigenvalue weighted by atomic mass is 9.67. The van der Waals surface area contributed by atoms with Crippen LogP contribution in [0, 0.1) is 29.4 Å². The molecule has 1 unspecified atom stereocenters. The molecule has 1 nitrogen and oxygen atoms in total. The SMILES string of the molecule is CCCCCCCCC(Cc1ccc(F)c(F)c1)C(O)(C(C)C)C(C)C. The van der Waals surface area contributed by atoms with Gasteiger partial charge in [0.05, 0.1) is 5.60 Å². The molecule has 3 heteroatoms. The second-order valence-electron chi connectivity index (χ2n) is 8.40. The van der Waals surface area contributed by atoms with Crippen LogP contribution in [0.1, 0.15) is 85.1 Å². The summed E-state index contributed by atoms with van der Waals surface area (Å²) in [6.07, 6.45) is 8.74. The van der Waals surface area contributed by atoms with E-state index in [0.717, 1.165) is 18.4 Å². The summed E-state index contributed by atoms with van der Waals surface area (Å²) in [5.41, 5.74) is -0.0477. The van der Waals surface area contributed by atoms with Gasteiger partial charge in [0.15, 0.2) is 11.6 Å². The van der Waals surface area contributed by atoms with Crippen molar-refractivity contribution in [2.24, 2.45) is 17.8 Å². The van der Waals surface area contributed by atoms with E-state index < -0.39 is 17.2 Å². The third kappa shape index (κ3) is 6.33. The Kier molecular flexibility index (Phi) is 9.78. The van der Waals surface area contributed by atoms with Gasteiger partial charge in [0.1, 0.15) is 0 Å². The average Bonchev–Trinajstić information content (AvgIpc) is 2.58. The van der Waals surface area contributed by atoms with Crippen LogP contribution in [-0.2, 0) is 6.42 Å². The van der Waals surface area contributed by atoms with E-state index in [2.05, 4.69) is 34.6 Å². The molecule has 0 aliphatic rings. The van der Waals surface area contributed by atoms with Crippen molar-refractivity contribution in [3.05, 3.63) is 35.4 Å². The number of benzene rings is 1. The highest BCUT2D eigenvalue weighted by Gasteiger charge is 2.41. The molecular weight excluding hydrogens is 330 g/mol. The van der Waals surface area contributed by atoms with Gasteiger partial charge in [0.25, 0.3) is 0 Å². The summed E-state index contributed by atoms with van der Waals surface area (Å²) in [6.45, 7) is 10.4. The molecule has 26 heavy (non-hydrogen) atoms. The zero-order valence-electron chi connectivity index (χ0n) is 17.3. The van der Waals surface area contributed by atoms with E-state index in [4.69, 9.17) is 0 Å². The molecule has 1 atom stereocenters. The maximum absolute atomic E-state index is 13.6. The Bertz CT molecular complexity index is 517. The fourth-order valence-electron chi connectivity index (χ4n) is 4.23. The van der Waals surface area contributed by atoms with Gasteiger partial charge in [-0.15, -0.1) is 0 Å². The van der Waals surface area contributed by atoms with E-state index in [1.54, 1.807) is 6.07 Å². The fourth-order valence-corrected chi connectivity index (χ4v) is 4.23. The monoisotopic (exact) mass is 368 g/mol. The Morgan fingerprint density at radius 3 is 2.00 bits per heavy atom. The minimum absolute atomic E-state index is 0.0403. The normalized spacial score (nSPS) is 13.6. The highest BCUT2D eigenvalue weighted by Crippen LogP contribution is 2.39. The summed E-state index contributed by atoms with van der Waals surface area (Å²) >= 11 is 0. The van der Waals surface area contributed by atoms with Crippen molar-refractivity contribution >= 4 is 0 Å². The van der Waals surface area contributed by atoms with Crippen LogP contribution in [0.4, 0.5) is 8.78 Å². The van der Waals surface area contributed by atoms with Gasteiger partial charge in [-0.2, -0.15) is 0 Å². The van der Waals surface area contributed by atoms with Gasteiger partial charge in [0.2, 0.25) is 0 Å². The number of halogens is 2. The third-order valence-electron chi connectivity index (χ3n) is 5.88. The first-order valence-electron chi connectivity index (χ1n) is 10.4. The lowest BCUT2D eigenvalue weighted by Gasteiger charge is -2.43. The Labute approximate surface area is 159 Å². The average molecular weight is 369 g/mol. The number of hydrogen-bond acceptors (Lipinski definition) is 1. The van der Waals surface area contributed by atoms with Crippen molar-refractivity contribution in [2.45, 2.75) is 91.6 Å². The van der Waals surface area contributed by atoms with Gasteiger partial charge in [0, 0.05) is 0 Å². The lowest BCUT2D eigenvalue weighted by Crippen LogP contribution is -2.48. The zero-order chi connectivity index (χ0) is 19.7. The number of hydrogen-bond donors (Lipinski definition) is 1. The predicted octanol–water partition coefficient (Wildman–Crippen LogP) is 6.92. The summed E-state index contributed by atoms with van der Waals surface area (Å²) in [4.78, 5) is 0. The Morgan fingerprint density at radius 2 is 1.46 bits per heavy atom. The second-order valence-corrected chi connectivity index (χ2v) is 8.40. The minimum atomic E-state index is -0.816. The Hall–Kier alpha value is -0.960. The summed E-state index contributed by atoms with van der Waals surface area (Å²) in [6, 6.07) is 4.12. The smallest absolute Gasteiger partial charge is 0.159 e. The quantitative estimate of drug-likeness (QED) is 0.397. The molecule has 1 rings (SSSR count). The summed E-state index contributed by atoms with van der Waals surface area (Å²) < 4.78 is 26.9. The van der Waals surface area contributed by atoms with E-state index in [1.807, 2.05) is 0 Å². The molecule has 0 aliphatic heterocycles. The van der Waals surface area contributed by atoms with Crippen molar-refractivity contribution in [1.82, 2.24) is 0 Å². The first-order valence-corrected chi connectivity index (χ1v) is 10.4. The number of aliphatic hydroxyl groups is 1. The highest BCUT2D eigenvalue weighted by atomic mass is 19.2. The molecule has 0 heterocycles. The molecule has 0 spiro atoms. The van der Waals surface area contributed by atoms with Gasteiger partial charge in [-0.3, -0.25) is 0 Å². The molecule has 0 fully saturated rings. The Balaban J connectivity index is 2.88. The largest absolute Gasteiger partial charge is 0.389 e. The van der Waals surface area contributed by atoms with Crippen LogP contribution >= 0.6 is 0 Å². The van der Waals surface area contributed by atoms with E-state index in [-0.39, 0.29) is 17.8 Å². The number of rotatable bonds is 12. The maximum Gasteiger partial charge on any atom is 0.159 e. The molecule has 150 valence electrons. The van der Waals surface area contributed by atoms with Crippen molar-refractivity contribution in [3.8, 4) is 0 Å². The molecule has 0 amide bonds. The van der Waals surface area contributed by atoms with E-state index in [1.165, 1.54) is 44.2 Å². The molecule has 1 aromatic rings. The van der Waals surface area contributed by atoms with Crippen LogP contribution in [0.2, 0.25) is 0 Å². The molecule has 0 saturated carbocycles. The molecule has 1 aromatic carbocycles. The maximum atomic E-state index is 13.6. The van der Waals surface area contributed by atoms with Crippen molar-refractivity contribution < 1.29 is 13.9 Å². The fraction of sp³-hybridized carbons (Fsp3) is 0.739. The van der Waals surface area contributed by atoms with E-state index in [9.17, 15) is 13.9 Å². The van der Waals surface area contributed by atoms with Gasteiger partial charge < -0.3 is 5.11 Å². The van der Waals surface area contributed by atoms with Crippen molar-refractivity contribution in [2.75, 3.05) is 0 Å². The second kappa shape index (κ2) is 11.0. The minimum Gasteiger partial charge on any atom is -0.389 e. The number of unbranched alkanes of at least 4 members (excludes halogenated alkanes) is 5. The Morgan fingerprint density at radius 1 is 0.885 bits per heavy atom.